The number of halogens is 1. The molecule has 8 heteroatoms. The van der Waals surface area contributed by atoms with Crippen LogP contribution < -0.4 is 5.32 Å². The van der Waals surface area contributed by atoms with E-state index in [4.69, 9.17) is 11.6 Å². The van der Waals surface area contributed by atoms with Gasteiger partial charge in [-0.2, -0.15) is 4.31 Å². The SMILES string of the molecule is CC1CCN(S(=O)(=O)c2ccc(C(=O)Nc3ccc(Cl)cc3C(=O)c3ccccc3)cc2)CC1. The Kier molecular flexibility index (Phi) is 7.16. The van der Waals surface area contributed by atoms with E-state index in [9.17, 15) is 18.0 Å². The van der Waals surface area contributed by atoms with Crippen LogP contribution in [0.5, 0.6) is 0 Å². The average Bonchev–Trinajstić information content (AvgIpc) is 2.85. The van der Waals surface area contributed by atoms with Crippen LogP contribution in [0.25, 0.3) is 0 Å². The quantitative estimate of drug-likeness (QED) is 0.473. The fourth-order valence-electron chi connectivity index (χ4n) is 3.91. The van der Waals surface area contributed by atoms with Gasteiger partial charge in [0.05, 0.1) is 10.6 Å². The van der Waals surface area contributed by atoms with E-state index in [2.05, 4.69) is 12.2 Å². The van der Waals surface area contributed by atoms with Gasteiger partial charge in [-0.15, -0.1) is 0 Å². The van der Waals surface area contributed by atoms with E-state index in [-0.39, 0.29) is 21.8 Å². The minimum absolute atomic E-state index is 0.157. The summed E-state index contributed by atoms with van der Waals surface area (Å²) in [6.07, 6.45) is 1.68. The van der Waals surface area contributed by atoms with E-state index in [1.54, 1.807) is 36.4 Å². The highest BCUT2D eigenvalue weighted by atomic mass is 35.5. The van der Waals surface area contributed by atoms with Gasteiger partial charge in [-0.05, 0) is 61.2 Å². The molecule has 6 nitrogen and oxygen atoms in total. The van der Waals surface area contributed by atoms with Crippen molar-refractivity contribution in [3.05, 3.63) is 94.5 Å². The fourth-order valence-corrected chi connectivity index (χ4v) is 5.55. The zero-order valence-electron chi connectivity index (χ0n) is 18.7. The van der Waals surface area contributed by atoms with Crippen molar-refractivity contribution in [1.82, 2.24) is 4.31 Å². The Morgan fingerprint density at radius 1 is 0.912 bits per heavy atom. The number of hydrogen-bond donors (Lipinski definition) is 1. The molecular formula is C26H25ClN2O4S. The molecule has 0 aliphatic carbocycles. The number of carbonyl (C=O) groups is 2. The van der Waals surface area contributed by atoms with Gasteiger partial charge >= 0.3 is 0 Å². The third-order valence-corrected chi connectivity index (χ3v) is 8.16. The molecule has 34 heavy (non-hydrogen) atoms. The lowest BCUT2D eigenvalue weighted by Gasteiger charge is -2.29. The summed E-state index contributed by atoms with van der Waals surface area (Å²) in [5.74, 6) is -0.208. The van der Waals surface area contributed by atoms with Crippen molar-refractivity contribution in [2.24, 2.45) is 5.92 Å². The Morgan fingerprint density at radius 3 is 2.21 bits per heavy atom. The van der Waals surface area contributed by atoms with Gasteiger partial charge < -0.3 is 5.32 Å². The van der Waals surface area contributed by atoms with Crippen LogP contribution in [0.1, 0.15) is 46.0 Å². The second-order valence-electron chi connectivity index (χ2n) is 8.45. The van der Waals surface area contributed by atoms with Crippen LogP contribution in [0.4, 0.5) is 5.69 Å². The van der Waals surface area contributed by atoms with E-state index in [1.807, 2.05) is 6.07 Å². The second-order valence-corrected chi connectivity index (χ2v) is 10.8. The van der Waals surface area contributed by atoms with Crippen molar-refractivity contribution < 1.29 is 18.0 Å². The lowest BCUT2D eigenvalue weighted by molar-refractivity contribution is 0.102. The predicted molar refractivity (Wildman–Crippen MR) is 133 cm³/mol. The van der Waals surface area contributed by atoms with Gasteiger partial charge in [-0.1, -0.05) is 48.9 Å². The molecule has 1 N–H and O–H groups in total. The Balaban J connectivity index is 1.53. The van der Waals surface area contributed by atoms with Gasteiger partial charge in [0.1, 0.15) is 0 Å². The fraction of sp³-hybridized carbons (Fsp3) is 0.231. The first kappa shape index (κ1) is 24.1. The molecule has 3 aromatic carbocycles. The molecule has 1 aliphatic heterocycles. The third kappa shape index (κ3) is 5.22. The molecular weight excluding hydrogens is 472 g/mol. The van der Waals surface area contributed by atoms with E-state index in [1.165, 1.54) is 34.6 Å². The molecule has 176 valence electrons. The predicted octanol–water partition coefficient (Wildman–Crippen LogP) is 5.24. The third-order valence-electron chi connectivity index (χ3n) is 6.01. The van der Waals surface area contributed by atoms with Crippen molar-refractivity contribution in [3.63, 3.8) is 0 Å². The molecule has 1 fully saturated rings. The minimum atomic E-state index is -3.60. The summed E-state index contributed by atoms with van der Waals surface area (Å²) in [6, 6.07) is 19.2. The lowest BCUT2D eigenvalue weighted by atomic mass is 10.0. The number of amides is 1. The van der Waals surface area contributed by atoms with Crippen LogP contribution >= 0.6 is 11.6 Å². The first-order valence-electron chi connectivity index (χ1n) is 11.1. The maximum Gasteiger partial charge on any atom is 0.255 e. The zero-order valence-corrected chi connectivity index (χ0v) is 20.3. The Morgan fingerprint density at radius 2 is 1.56 bits per heavy atom. The van der Waals surface area contributed by atoms with Gasteiger partial charge in [-0.25, -0.2) is 8.42 Å². The molecule has 1 amide bonds. The highest BCUT2D eigenvalue weighted by Crippen LogP contribution is 2.26. The highest BCUT2D eigenvalue weighted by molar-refractivity contribution is 7.89. The number of piperidine rings is 1. The number of nitrogens with one attached hydrogen (secondary N) is 1. The van der Waals surface area contributed by atoms with Gasteiger partial charge in [-0.3, -0.25) is 9.59 Å². The molecule has 1 saturated heterocycles. The molecule has 4 rings (SSSR count). The van der Waals surface area contributed by atoms with Crippen LogP contribution in [-0.2, 0) is 10.0 Å². The summed E-state index contributed by atoms with van der Waals surface area (Å²) >= 11 is 6.11. The molecule has 0 saturated carbocycles. The van der Waals surface area contributed by atoms with E-state index in [0.717, 1.165) is 12.8 Å². The molecule has 1 heterocycles. The summed E-state index contributed by atoms with van der Waals surface area (Å²) in [6.45, 7) is 3.12. The summed E-state index contributed by atoms with van der Waals surface area (Å²) in [5, 5.41) is 3.13. The normalized spacial score (nSPS) is 15.1. The minimum Gasteiger partial charge on any atom is -0.321 e. The number of hydrogen-bond acceptors (Lipinski definition) is 4. The van der Waals surface area contributed by atoms with Crippen LogP contribution in [0.2, 0.25) is 5.02 Å². The number of anilines is 1. The van der Waals surface area contributed by atoms with Gasteiger partial charge in [0.15, 0.2) is 5.78 Å². The number of carbonyl (C=O) groups excluding carboxylic acids is 2. The molecule has 0 radical (unpaired) electrons. The van der Waals surface area contributed by atoms with Crippen molar-refractivity contribution in [1.29, 1.82) is 0 Å². The van der Waals surface area contributed by atoms with Crippen molar-refractivity contribution in [3.8, 4) is 0 Å². The number of sulfonamides is 1. The first-order valence-corrected chi connectivity index (χ1v) is 12.9. The monoisotopic (exact) mass is 496 g/mol. The largest absolute Gasteiger partial charge is 0.321 e. The van der Waals surface area contributed by atoms with Crippen LogP contribution in [0.3, 0.4) is 0 Å². The van der Waals surface area contributed by atoms with Crippen LogP contribution in [0, 0.1) is 5.92 Å². The van der Waals surface area contributed by atoms with Crippen LogP contribution in [0.15, 0.2) is 77.7 Å². The summed E-state index contributed by atoms with van der Waals surface area (Å²) in [5.41, 5.74) is 1.34. The van der Waals surface area contributed by atoms with Crippen LogP contribution in [-0.4, -0.2) is 37.5 Å². The van der Waals surface area contributed by atoms with Crippen molar-refractivity contribution in [2.45, 2.75) is 24.7 Å². The first-order chi connectivity index (χ1) is 16.3. The van der Waals surface area contributed by atoms with Gasteiger partial charge in [0.25, 0.3) is 5.91 Å². The summed E-state index contributed by atoms with van der Waals surface area (Å²) < 4.78 is 27.4. The van der Waals surface area contributed by atoms with Crippen molar-refractivity contribution >= 4 is 39.0 Å². The standard InChI is InChI=1S/C26H25ClN2O4S/c1-18-13-15-29(16-14-18)34(32,33)22-10-7-20(8-11-22)26(31)28-24-12-9-21(27)17-23(24)25(30)19-5-3-2-4-6-19/h2-12,17-18H,13-16H2,1H3,(H,28,31). The molecule has 0 unspecified atom stereocenters. The second kappa shape index (κ2) is 10.1. The smallest absolute Gasteiger partial charge is 0.255 e. The lowest BCUT2D eigenvalue weighted by Crippen LogP contribution is -2.37. The molecule has 0 aromatic heterocycles. The van der Waals surface area contributed by atoms with Gasteiger partial charge in [0.2, 0.25) is 10.0 Å². The van der Waals surface area contributed by atoms with Crippen molar-refractivity contribution in [2.75, 3.05) is 18.4 Å². The Bertz CT molecular complexity index is 1300. The van der Waals surface area contributed by atoms with Gasteiger partial charge in [0, 0.05) is 34.8 Å². The maximum absolute atomic E-state index is 13.0. The average molecular weight is 497 g/mol. The number of nitrogens with zero attached hydrogens (tertiary/aromatic N) is 1. The summed E-state index contributed by atoms with van der Waals surface area (Å²) in [4.78, 5) is 26.0. The van der Waals surface area contributed by atoms with E-state index >= 15 is 0 Å². The molecule has 0 atom stereocenters. The van der Waals surface area contributed by atoms with E-state index in [0.29, 0.717) is 35.3 Å². The molecule has 0 spiro atoms. The summed E-state index contributed by atoms with van der Waals surface area (Å²) in [7, 11) is -3.60. The number of rotatable bonds is 6. The maximum atomic E-state index is 13.0. The van der Waals surface area contributed by atoms with E-state index < -0.39 is 15.9 Å². The number of benzene rings is 3. The topological polar surface area (TPSA) is 83.6 Å². The number of ketones is 1. The molecule has 3 aromatic rings. The Labute approximate surface area is 204 Å². The molecule has 0 bridgehead atoms. The zero-order chi connectivity index (χ0) is 24.3. The molecule has 1 aliphatic rings. The Hall–Kier alpha value is -3.00. The highest BCUT2D eigenvalue weighted by Gasteiger charge is 2.28.